The van der Waals surface area contributed by atoms with E-state index in [0.717, 1.165) is 22.5 Å². The van der Waals surface area contributed by atoms with E-state index in [1.807, 2.05) is 37.3 Å². The minimum atomic E-state index is -4.96. The highest BCUT2D eigenvalue weighted by atomic mass is 19.4. The molecule has 0 bridgehead atoms. The summed E-state index contributed by atoms with van der Waals surface area (Å²) in [6.45, 7) is 1.89. The molecule has 5 nitrogen and oxygen atoms in total. The van der Waals surface area contributed by atoms with Crippen LogP contribution in [0.5, 0.6) is 0 Å². The minimum absolute atomic E-state index is 0.0235. The fourth-order valence-corrected chi connectivity index (χ4v) is 3.94. The summed E-state index contributed by atoms with van der Waals surface area (Å²) in [6.07, 6.45) is -9.92. The van der Waals surface area contributed by atoms with Gasteiger partial charge in [0.1, 0.15) is 5.69 Å². The van der Waals surface area contributed by atoms with E-state index in [1.165, 1.54) is 0 Å². The summed E-state index contributed by atoms with van der Waals surface area (Å²) in [6, 6.07) is 17.5. The molecule has 0 unspecified atom stereocenters. The van der Waals surface area contributed by atoms with Crippen molar-refractivity contribution in [1.82, 2.24) is 20.4 Å². The second-order valence-corrected chi connectivity index (χ2v) is 8.38. The van der Waals surface area contributed by atoms with Gasteiger partial charge in [0.2, 0.25) is 0 Å². The van der Waals surface area contributed by atoms with E-state index in [-0.39, 0.29) is 11.9 Å². The van der Waals surface area contributed by atoms with Gasteiger partial charge in [0.05, 0.1) is 16.8 Å². The van der Waals surface area contributed by atoms with Gasteiger partial charge in [0.15, 0.2) is 5.82 Å². The standard InChI is InChI=1S/C26H17F6N5/c1-14-10-22(35-34-14)15-6-8-16(9-7-15)23-20-4-2-3-5-21(20)24(37-36-23)33-19-12-17(25(27,28)29)11-18(13-19)26(30,31)32/h2-13H,1H3,(H,33,37)(H,34,35). The molecule has 3 aromatic carbocycles. The first-order chi connectivity index (χ1) is 17.5. The van der Waals surface area contributed by atoms with Crippen LogP contribution >= 0.6 is 0 Å². The number of H-pyrrole nitrogens is 1. The van der Waals surface area contributed by atoms with Crippen LogP contribution in [0.15, 0.2) is 72.8 Å². The molecule has 0 radical (unpaired) electrons. The maximum absolute atomic E-state index is 13.3. The Labute approximate surface area is 206 Å². The first kappa shape index (κ1) is 24.3. The quantitative estimate of drug-likeness (QED) is 0.241. The first-order valence-corrected chi connectivity index (χ1v) is 10.9. The molecule has 2 N–H and O–H groups in total. The zero-order chi connectivity index (χ0) is 26.4. The van der Waals surface area contributed by atoms with Crippen molar-refractivity contribution >= 4 is 22.3 Å². The van der Waals surface area contributed by atoms with Crippen molar-refractivity contribution < 1.29 is 26.3 Å². The number of hydrogen-bond acceptors (Lipinski definition) is 4. The van der Waals surface area contributed by atoms with Crippen LogP contribution in [0.3, 0.4) is 0 Å². The van der Waals surface area contributed by atoms with E-state index in [2.05, 4.69) is 25.7 Å². The van der Waals surface area contributed by atoms with Crippen LogP contribution in [0.4, 0.5) is 37.8 Å². The fraction of sp³-hybridized carbons (Fsp3) is 0.115. The first-order valence-electron chi connectivity index (χ1n) is 10.9. The molecule has 0 aliphatic heterocycles. The number of rotatable bonds is 4. The molecule has 11 heteroatoms. The van der Waals surface area contributed by atoms with Crippen molar-refractivity contribution in [2.24, 2.45) is 0 Å². The molecule has 5 rings (SSSR count). The van der Waals surface area contributed by atoms with Gasteiger partial charge < -0.3 is 5.32 Å². The van der Waals surface area contributed by atoms with Crippen LogP contribution in [0, 0.1) is 6.92 Å². The Kier molecular flexibility index (Phi) is 5.85. The summed E-state index contributed by atoms with van der Waals surface area (Å²) in [5, 5.41) is 19.2. The van der Waals surface area contributed by atoms with Crippen molar-refractivity contribution in [3.05, 3.63) is 89.6 Å². The van der Waals surface area contributed by atoms with Gasteiger partial charge >= 0.3 is 12.4 Å². The number of fused-ring (bicyclic) bond motifs is 1. The van der Waals surface area contributed by atoms with E-state index >= 15 is 0 Å². The Bertz CT molecular complexity index is 1550. The van der Waals surface area contributed by atoms with Crippen LogP contribution in [0.1, 0.15) is 16.8 Å². The molecule has 2 heterocycles. The van der Waals surface area contributed by atoms with E-state index in [9.17, 15) is 26.3 Å². The van der Waals surface area contributed by atoms with Gasteiger partial charge in [-0.15, -0.1) is 10.2 Å². The summed E-state index contributed by atoms with van der Waals surface area (Å²) in [5.41, 5.74) is 0.551. The van der Waals surface area contributed by atoms with Gasteiger partial charge in [0, 0.05) is 33.3 Å². The predicted octanol–water partition coefficient (Wildman–Crippen LogP) is 7.78. The van der Waals surface area contributed by atoms with Gasteiger partial charge in [-0.05, 0) is 31.2 Å². The van der Waals surface area contributed by atoms with Crippen molar-refractivity contribution in [3.63, 3.8) is 0 Å². The summed E-state index contributed by atoms with van der Waals surface area (Å²) in [5.74, 6) is 0.0235. The van der Waals surface area contributed by atoms with E-state index in [1.54, 1.807) is 24.3 Å². The predicted molar refractivity (Wildman–Crippen MR) is 127 cm³/mol. The topological polar surface area (TPSA) is 66.5 Å². The molecular formula is C26H17F6N5. The van der Waals surface area contributed by atoms with Crippen LogP contribution < -0.4 is 5.32 Å². The average molecular weight is 513 g/mol. The minimum Gasteiger partial charge on any atom is -0.338 e. The largest absolute Gasteiger partial charge is 0.416 e. The smallest absolute Gasteiger partial charge is 0.338 e. The monoisotopic (exact) mass is 513 g/mol. The van der Waals surface area contributed by atoms with E-state index in [4.69, 9.17) is 0 Å². The van der Waals surface area contributed by atoms with Gasteiger partial charge in [-0.25, -0.2) is 0 Å². The lowest BCUT2D eigenvalue weighted by Gasteiger charge is -2.16. The number of nitrogens with one attached hydrogen (secondary N) is 2. The Balaban J connectivity index is 1.54. The van der Waals surface area contributed by atoms with E-state index < -0.39 is 29.2 Å². The summed E-state index contributed by atoms with van der Waals surface area (Å²) in [4.78, 5) is 0. The van der Waals surface area contributed by atoms with Crippen molar-refractivity contribution in [2.45, 2.75) is 19.3 Å². The molecule has 0 aliphatic rings. The number of nitrogens with zero attached hydrogens (tertiary/aromatic N) is 3. The Morgan fingerprint density at radius 3 is 1.86 bits per heavy atom. The average Bonchev–Trinajstić information content (AvgIpc) is 3.29. The van der Waals surface area contributed by atoms with Crippen LogP contribution in [-0.2, 0) is 12.4 Å². The maximum atomic E-state index is 13.3. The zero-order valence-corrected chi connectivity index (χ0v) is 19.0. The lowest BCUT2D eigenvalue weighted by Crippen LogP contribution is -2.12. The van der Waals surface area contributed by atoms with Gasteiger partial charge in [-0.1, -0.05) is 48.5 Å². The van der Waals surface area contributed by atoms with Crippen molar-refractivity contribution in [2.75, 3.05) is 5.32 Å². The summed E-state index contributed by atoms with van der Waals surface area (Å²) < 4.78 is 79.7. The highest BCUT2D eigenvalue weighted by Crippen LogP contribution is 2.39. The third kappa shape index (κ3) is 4.97. The molecule has 188 valence electrons. The van der Waals surface area contributed by atoms with Crippen LogP contribution in [0.25, 0.3) is 33.3 Å². The molecule has 0 saturated heterocycles. The van der Waals surface area contributed by atoms with E-state index in [0.29, 0.717) is 28.6 Å². The fourth-order valence-electron chi connectivity index (χ4n) is 3.94. The Hall–Kier alpha value is -4.41. The highest BCUT2D eigenvalue weighted by Gasteiger charge is 2.37. The number of aromatic nitrogens is 4. The summed E-state index contributed by atoms with van der Waals surface area (Å²) in [7, 11) is 0. The zero-order valence-electron chi connectivity index (χ0n) is 19.0. The number of hydrogen-bond donors (Lipinski definition) is 2. The molecule has 0 saturated carbocycles. The molecule has 0 atom stereocenters. The highest BCUT2D eigenvalue weighted by molar-refractivity contribution is 6.01. The van der Waals surface area contributed by atoms with Crippen molar-refractivity contribution in [1.29, 1.82) is 0 Å². The normalized spacial score (nSPS) is 12.2. The van der Waals surface area contributed by atoms with Crippen LogP contribution in [0.2, 0.25) is 0 Å². The third-order valence-electron chi connectivity index (χ3n) is 5.70. The second-order valence-electron chi connectivity index (χ2n) is 8.38. The van der Waals surface area contributed by atoms with Gasteiger partial charge in [-0.3, -0.25) is 5.10 Å². The Morgan fingerprint density at radius 2 is 1.30 bits per heavy atom. The molecule has 2 aromatic heterocycles. The number of aryl methyl sites for hydroxylation is 1. The third-order valence-corrected chi connectivity index (χ3v) is 5.70. The molecule has 37 heavy (non-hydrogen) atoms. The summed E-state index contributed by atoms with van der Waals surface area (Å²) >= 11 is 0. The molecule has 5 aromatic rings. The van der Waals surface area contributed by atoms with Gasteiger partial charge in [-0.2, -0.15) is 31.4 Å². The molecule has 0 aliphatic carbocycles. The lowest BCUT2D eigenvalue weighted by atomic mass is 10.0. The van der Waals surface area contributed by atoms with Crippen molar-refractivity contribution in [3.8, 4) is 22.5 Å². The van der Waals surface area contributed by atoms with Crippen LogP contribution in [-0.4, -0.2) is 20.4 Å². The molecule has 0 fully saturated rings. The lowest BCUT2D eigenvalue weighted by molar-refractivity contribution is -0.143. The number of benzene rings is 3. The second kappa shape index (κ2) is 8.91. The molecule has 0 amide bonds. The number of halogens is 6. The molecular weight excluding hydrogens is 496 g/mol. The SMILES string of the molecule is Cc1cc(-c2ccc(-c3nnc(Nc4cc(C(F)(F)F)cc(C(F)(F)F)c4)c4ccccc34)cc2)n[nH]1. The Morgan fingerprint density at radius 1 is 0.703 bits per heavy atom. The number of anilines is 2. The molecule has 0 spiro atoms. The number of aromatic amines is 1. The maximum Gasteiger partial charge on any atom is 0.416 e. The number of alkyl halides is 6. The van der Waals surface area contributed by atoms with Gasteiger partial charge in [0.25, 0.3) is 0 Å².